The van der Waals surface area contributed by atoms with Crippen LogP contribution in [0.15, 0.2) is 42.7 Å². The van der Waals surface area contributed by atoms with Crippen LogP contribution in [-0.4, -0.2) is 29.0 Å². The van der Waals surface area contributed by atoms with E-state index in [1.54, 1.807) is 25.3 Å². The molecule has 2 heterocycles. The van der Waals surface area contributed by atoms with Gasteiger partial charge in [0.25, 0.3) is 5.91 Å². The lowest BCUT2D eigenvalue weighted by Crippen LogP contribution is -2.23. The van der Waals surface area contributed by atoms with Crippen molar-refractivity contribution in [3.8, 4) is 11.5 Å². The van der Waals surface area contributed by atoms with Gasteiger partial charge in [0.15, 0.2) is 11.5 Å². The fourth-order valence-electron chi connectivity index (χ4n) is 2.83. The third-order valence-electron chi connectivity index (χ3n) is 4.47. The molecule has 1 N–H and O–H groups in total. The third-order valence-corrected chi connectivity index (χ3v) is 4.47. The summed E-state index contributed by atoms with van der Waals surface area (Å²) < 4.78 is 13.1. The number of aryl methyl sites for hydroxylation is 1. The predicted octanol–water partition coefficient (Wildman–Crippen LogP) is 4.01. The van der Waals surface area contributed by atoms with E-state index in [1.807, 2.05) is 35.9 Å². The summed E-state index contributed by atoms with van der Waals surface area (Å²) in [6.45, 7) is 7.30. The van der Waals surface area contributed by atoms with Gasteiger partial charge in [0, 0.05) is 18.0 Å². The van der Waals surface area contributed by atoms with Crippen LogP contribution in [0, 0.1) is 12.8 Å². The summed E-state index contributed by atoms with van der Waals surface area (Å²) in [5.74, 6) is 1.59. The fraction of sp³-hybridized carbons (Fsp3) is 0.364. The Labute approximate surface area is 165 Å². The molecule has 0 radical (unpaired) electrons. The topological polar surface area (TPSA) is 64.9 Å². The highest BCUT2D eigenvalue weighted by atomic mass is 16.5. The number of nitrogens with one attached hydrogen (secondary N) is 1. The van der Waals surface area contributed by atoms with Crippen molar-refractivity contribution in [3.05, 3.63) is 59.5 Å². The maximum Gasteiger partial charge on any atom is 0.251 e. The van der Waals surface area contributed by atoms with Crippen LogP contribution >= 0.6 is 0 Å². The minimum Gasteiger partial charge on any atom is -0.493 e. The van der Waals surface area contributed by atoms with E-state index < -0.39 is 0 Å². The number of pyridine rings is 1. The Morgan fingerprint density at radius 3 is 2.79 bits per heavy atom. The number of benzene rings is 1. The molecule has 3 rings (SSSR count). The first kappa shape index (κ1) is 19.7. The predicted molar refractivity (Wildman–Crippen MR) is 109 cm³/mol. The highest BCUT2D eigenvalue weighted by Crippen LogP contribution is 2.28. The van der Waals surface area contributed by atoms with Gasteiger partial charge in [-0.1, -0.05) is 13.8 Å². The highest BCUT2D eigenvalue weighted by Gasteiger charge is 2.12. The summed E-state index contributed by atoms with van der Waals surface area (Å²) in [5, 5.41) is 2.91. The van der Waals surface area contributed by atoms with E-state index >= 15 is 0 Å². The van der Waals surface area contributed by atoms with Crippen LogP contribution in [0.3, 0.4) is 0 Å². The van der Waals surface area contributed by atoms with Crippen molar-refractivity contribution in [2.24, 2.45) is 5.92 Å². The molecule has 6 nitrogen and oxygen atoms in total. The van der Waals surface area contributed by atoms with Crippen molar-refractivity contribution < 1.29 is 14.3 Å². The van der Waals surface area contributed by atoms with Crippen molar-refractivity contribution in [3.63, 3.8) is 0 Å². The standard InChI is InChI=1S/C22H27N3O3/c1-15(2)8-10-28-19-6-5-17(12-20(19)27-4)22(26)23-13-18-14-25-9-7-16(3)11-21(25)24-18/h5-7,9,11-12,14-15H,8,10,13H2,1-4H3,(H,23,26). The van der Waals surface area contributed by atoms with E-state index in [9.17, 15) is 4.79 Å². The SMILES string of the molecule is COc1cc(C(=O)NCc2cn3ccc(C)cc3n2)ccc1OCCC(C)C. The largest absolute Gasteiger partial charge is 0.493 e. The average Bonchev–Trinajstić information content (AvgIpc) is 3.08. The molecule has 0 fully saturated rings. The monoisotopic (exact) mass is 381 g/mol. The first-order valence-corrected chi connectivity index (χ1v) is 9.49. The molecule has 28 heavy (non-hydrogen) atoms. The van der Waals surface area contributed by atoms with E-state index in [0.29, 0.717) is 36.1 Å². The van der Waals surface area contributed by atoms with Gasteiger partial charge in [0.05, 0.1) is 26.0 Å². The van der Waals surface area contributed by atoms with Gasteiger partial charge in [-0.15, -0.1) is 0 Å². The van der Waals surface area contributed by atoms with Crippen molar-refractivity contribution in [2.75, 3.05) is 13.7 Å². The number of amides is 1. The van der Waals surface area contributed by atoms with Gasteiger partial charge in [0.1, 0.15) is 5.65 Å². The Kier molecular flexibility index (Phi) is 6.19. The molecule has 0 saturated carbocycles. The van der Waals surface area contributed by atoms with E-state index in [2.05, 4.69) is 24.1 Å². The molecule has 6 heteroatoms. The Balaban J connectivity index is 1.64. The first-order valence-electron chi connectivity index (χ1n) is 9.49. The second-order valence-electron chi connectivity index (χ2n) is 7.28. The van der Waals surface area contributed by atoms with Crippen molar-refractivity contribution in [2.45, 2.75) is 33.7 Å². The zero-order valence-corrected chi connectivity index (χ0v) is 16.9. The summed E-state index contributed by atoms with van der Waals surface area (Å²) in [6.07, 6.45) is 4.84. The van der Waals surface area contributed by atoms with Gasteiger partial charge in [0.2, 0.25) is 0 Å². The van der Waals surface area contributed by atoms with Gasteiger partial charge in [-0.05, 0) is 55.2 Å². The molecule has 2 aromatic heterocycles. The maximum atomic E-state index is 12.5. The molecule has 1 aromatic carbocycles. The molecule has 0 aliphatic rings. The zero-order valence-electron chi connectivity index (χ0n) is 16.9. The van der Waals surface area contributed by atoms with Gasteiger partial charge in [-0.25, -0.2) is 4.98 Å². The fourth-order valence-corrected chi connectivity index (χ4v) is 2.83. The number of rotatable bonds is 8. The molecule has 148 valence electrons. The van der Waals surface area contributed by atoms with E-state index in [-0.39, 0.29) is 5.91 Å². The lowest BCUT2D eigenvalue weighted by atomic mass is 10.1. The number of hydrogen-bond donors (Lipinski definition) is 1. The van der Waals surface area contributed by atoms with E-state index in [1.165, 1.54) is 0 Å². The molecule has 0 aliphatic heterocycles. The molecule has 0 atom stereocenters. The normalized spacial score (nSPS) is 11.0. The number of carbonyl (C=O) groups is 1. The lowest BCUT2D eigenvalue weighted by Gasteiger charge is -2.13. The number of hydrogen-bond acceptors (Lipinski definition) is 4. The molecule has 0 bridgehead atoms. The Morgan fingerprint density at radius 2 is 2.04 bits per heavy atom. The summed E-state index contributed by atoms with van der Waals surface area (Å²) in [7, 11) is 1.57. The first-order chi connectivity index (χ1) is 13.5. The summed E-state index contributed by atoms with van der Waals surface area (Å²) in [6, 6.07) is 9.26. The second-order valence-corrected chi connectivity index (χ2v) is 7.28. The van der Waals surface area contributed by atoms with Crippen molar-refractivity contribution in [1.82, 2.24) is 14.7 Å². The number of nitrogens with zero attached hydrogens (tertiary/aromatic N) is 2. The minimum absolute atomic E-state index is 0.180. The quantitative estimate of drug-likeness (QED) is 0.640. The highest BCUT2D eigenvalue weighted by molar-refractivity contribution is 5.94. The van der Waals surface area contributed by atoms with Crippen molar-refractivity contribution in [1.29, 1.82) is 0 Å². The van der Waals surface area contributed by atoms with E-state index in [4.69, 9.17) is 9.47 Å². The van der Waals surface area contributed by atoms with Crippen LogP contribution in [0.2, 0.25) is 0 Å². The number of methoxy groups -OCH3 is 1. The number of aromatic nitrogens is 2. The minimum atomic E-state index is -0.180. The second kappa shape index (κ2) is 8.78. The summed E-state index contributed by atoms with van der Waals surface area (Å²) in [4.78, 5) is 17.1. The number of ether oxygens (including phenoxy) is 2. The molecule has 0 saturated heterocycles. The number of carbonyl (C=O) groups excluding carboxylic acids is 1. The zero-order chi connectivity index (χ0) is 20.1. The van der Waals surface area contributed by atoms with Crippen LogP contribution in [0.5, 0.6) is 11.5 Å². The number of fused-ring (bicyclic) bond motifs is 1. The lowest BCUT2D eigenvalue weighted by molar-refractivity contribution is 0.0950. The molecular weight excluding hydrogens is 354 g/mol. The third kappa shape index (κ3) is 4.82. The smallest absolute Gasteiger partial charge is 0.251 e. The van der Waals surface area contributed by atoms with Crippen LogP contribution in [0.25, 0.3) is 5.65 Å². The van der Waals surface area contributed by atoms with Gasteiger partial charge in [-0.2, -0.15) is 0 Å². The summed E-state index contributed by atoms with van der Waals surface area (Å²) in [5.41, 5.74) is 3.34. The molecule has 0 aliphatic carbocycles. The Morgan fingerprint density at radius 1 is 1.21 bits per heavy atom. The van der Waals surface area contributed by atoms with Crippen molar-refractivity contribution >= 4 is 11.6 Å². The number of imidazole rings is 1. The van der Waals surface area contributed by atoms with Crippen LogP contribution < -0.4 is 14.8 Å². The maximum absolute atomic E-state index is 12.5. The molecular formula is C22H27N3O3. The Bertz CT molecular complexity index is 963. The van der Waals surface area contributed by atoms with Crippen LogP contribution in [-0.2, 0) is 6.54 Å². The molecule has 0 spiro atoms. The van der Waals surface area contributed by atoms with Gasteiger partial charge in [-0.3, -0.25) is 4.79 Å². The van der Waals surface area contributed by atoms with Gasteiger partial charge >= 0.3 is 0 Å². The molecule has 3 aromatic rings. The molecule has 1 amide bonds. The molecule has 0 unspecified atom stereocenters. The summed E-state index contributed by atoms with van der Waals surface area (Å²) >= 11 is 0. The van der Waals surface area contributed by atoms with E-state index in [0.717, 1.165) is 23.3 Å². The Hall–Kier alpha value is -3.02. The van der Waals surface area contributed by atoms with Crippen LogP contribution in [0.4, 0.5) is 0 Å². The van der Waals surface area contributed by atoms with Crippen LogP contribution in [0.1, 0.15) is 41.9 Å². The average molecular weight is 381 g/mol. The van der Waals surface area contributed by atoms with Gasteiger partial charge < -0.3 is 19.2 Å².